The molecule has 1 aliphatic rings. The summed E-state index contributed by atoms with van der Waals surface area (Å²) in [6, 6.07) is 7.89. The number of hydrogen-bond acceptors (Lipinski definition) is 7. The topological polar surface area (TPSA) is 110 Å². The van der Waals surface area contributed by atoms with E-state index < -0.39 is 36.0 Å². The van der Waals surface area contributed by atoms with Crippen molar-refractivity contribution in [2.45, 2.75) is 39.3 Å². The number of rotatable bonds is 7. The number of aromatic nitrogens is 2. The maximum Gasteiger partial charge on any atom is 0.437 e. The number of ether oxygens (including phenoxy) is 4. The average molecular weight is 632 g/mol. The van der Waals surface area contributed by atoms with Gasteiger partial charge in [0.15, 0.2) is 24.0 Å². The second-order valence-electron chi connectivity index (χ2n) is 10.6. The summed E-state index contributed by atoms with van der Waals surface area (Å²) < 4.78 is 39.4. The van der Waals surface area contributed by atoms with Crippen molar-refractivity contribution < 1.29 is 37.7 Å². The van der Waals surface area contributed by atoms with Gasteiger partial charge in [-0.05, 0) is 78.5 Å². The van der Waals surface area contributed by atoms with Gasteiger partial charge in [-0.3, -0.25) is 4.79 Å². The Kier molecular flexibility index (Phi) is 9.01. The first-order chi connectivity index (χ1) is 19.3. The summed E-state index contributed by atoms with van der Waals surface area (Å²) in [4.78, 5) is 41.4. The standard InChI is InChI=1S/C29H31BrFN3O7/c1-29(2,3)41-28(37)32-27-33(4)8-9-34(27)14-18-11-20-25(36)19(15-40-26(20)21(30)12-18)10-17-6-7-22(31)23(13-17)39-16-24(35)38-5/h6-9,11-13,19H,10,14-16H2,1-5H3/t19-/m0/s1. The van der Waals surface area contributed by atoms with Gasteiger partial charge in [0.25, 0.3) is 0 Å². The van der Waals surface area contributed by atoms with Crippen LogP contribution in [0.15, 0.2) is 52.2 Å². The zero-order valence-corrected chi connectivity index (χ0v) is 25.0. The molecule has 10 nitrogen and oxygen atoms in total. The predicted octanol–water partition coefficient (Wildman–Crippen LogP) is 4.60. The molecular formula is C29H31BrFN3O7. The molecule has 4 rings (SSSR count). The lowest BCUT2D eigenvalue weighted by Crippen LogP contribution is -2.30. The summed E-state index contributed by atoms with van der Waals surface area (Å²) in [5.74, 6) is -1.55. The zero-order valence-electron chi connectivity index (χ0n) is 23.4. The quantitative estimate of drug-likeness (QED) is 0.351. The Morgan fingerprint density at radius 3 is 2.63 bits per heavy atom. The number of Topliss-reactive ketones (excluding diaryl/α,β-unsaturated/α-hetero) is 1. The molecule has 1 atom stereocenters. The highest BCUT2D eigenvalue weighted by atomic mass is 79.9. The molecule has 0 saturated heterocycles. The van der Waals surface area contributed by atoms with E-state index in [1.165, 1.54) is 19.2 Å². The fourth-order valence-electron chi connectivity index (χ4n) is 4.31. The molecule has 12 heteroatoms. The fourth-order valence-corrected chi connectivity index (χ4v) is 4.94. The van der Waals surface area contributed by atoms with E-state index in [-0.39, 0.29) is 24.6 Å². The van der Waals surface area contributed by atoms with Crippen LogP contribution in [0, 0.1) is 11.7 Å². The molecule has 0 saturated carbocycles. The van der Waals surface area contributed by atoms with Crippen LogP contribution in [-0.4, -0.2) is 52.9 Å². The molecular weight excluding hydrogens is 601 g/mol. The van der Waals surface area contributed by atoms with Crippen LogP contribution in [0.25, 0.3) is 0 Å². The lowest BCUT2D eigenvalue weighted by atomic mass is 9.89. The molecule has 0 N–H and O–H groups in total. The predicted molar refractivity (Wildman–Crippen MR) is 149 cm³/mol. The summed E-state index contributed by atoms with van der Waals surface area (Å²) in [6.07, 6.45) is 3.13. The van der Waals surface area contributed by atoms with E-state index in [4.69, 9.17) is 14.2 Å². The number of amides is 1. The van der Waals surface area contributed by atoms with Gasteiger partial charge in [-0.2, -0.15) is 0 Å². The van der Waals surface area contributed by atoms with Crippen molar-refractivity contribution in [2.75, 3.05) is 20.3 Å². The van der Waals surface area contributed by atoms with E-state index in [1.807, 2.05) is 6.07 Å². The normalized spacial score (nSPS) is 15.2. The van der Waals surface area contributed by atoms with Gasteiger partial charge in [-0.15, -0.1) is 4.99 Å². The average Bonchev–Trinajstić information content (AvgIpc) is 3.23. The molecule has 0 bridgehead atoms. The third kappa shape index (κ3) is 7.43. The van der Waals surface area contributed by atoms with Gasteiger partial charge in [0.2, 0.25) is 5.62 Å². The summed E-state index contributed by atoms with van der Waals surface area (Å²) in [5.41, 5.74) is 1.56. The van der Waals surface area contributed by atoms with Crippen LogP contribution in [0.2, 0.25) is 0 Å². The first kappa shape index (κ1) is 30.0. The smallest absolute Gasteiger partial charge is 0.437 e. The van der Waals surface area contributed by atoms with Gasteiger partial charge in [0, 0.05) is 19.4 Å². The number of hydrogen-bond donors (Lipinski definition) is 0. The Labute approximate surface area is 244 Å². The Morgan fingerprint density at radius 2 is 1.93 bits per heavy atom. The Hall–Kier alpha value is -3.93. The Balaban J connectivity index is 1.55. The van der Waals surface area contributed by atoms with Crippen LogP contribution in [0.1, 0.15) is 42.3 Å². The molecule has 1 amide bonds. The Morgan fingerprint density at radius 1 is 1.17 bits per heavy atom. The summed E-state index contributed by atoms with van der Waals surface area (Å²) in [6.45, 7) is 5.34. The lowest BCUT2D eigenvalue weighted by molar-refractivity contribution is -0.142. The molecule has 0 radical (unpaired) electrons. The van der Waals surface area contributed by atoms with Gasteiger partial charge in [0.1, 0.15) is 11.4 Å². The van der Waals surface area contributed by atoms with Crippen molar-refractivity contribution >= 4 is 33.8 Å². The van der Waals surface area contributed by atoms with E-state index in [0.29, 0.717) is 33.5 Å². The number of ketones is 1. The second-order valence-corrected chi connectivity index (χ2v) is 11.4. The first-order valence-corrected chi connectivity index (χ1v) is 13.6. The number of imidazole rings is 1. The van der Waals surface area contributed by atoms with E-state index in [1.54, 1.807) is 61.5 Å². The molecule has 0 fully saturated rings. The number of aryl methyl sites for hydroxylation is 1. The van der Waals surface area contributed by atoms with Crippen molar-refractivity contribution in [2.24, 2.45) is 18.0 Å². The SMILES string of the molecule is COC(=O)COc1cc(C[C@H]2COc3c(Br)cc(Cn4ccn(C)c4=NC(=O)OC(C)(C)C)cc3C2=O)ccc1F. The summed E-state index contributed by atoms with van der Waals surface area (Å²) >= 11 is 3.52. The van der Waals surface area contributed by atoms with Crippen LogP contribution >= 0.6 is 15.9 Å². The van der Waals surface area contributed by atoms with Crippen LogP contribution < -0.4 is 15.1 Å². The van der Waals surface area contributed by atoms with E-state index in [9.17, 15) is 18.8 Å². The minimum atomic E-state index is -0.703. The molecule has 2 heterocycles. The van der Waals surface area contributed by atoms with Crippen LogP contribution in [-0.2, 0) is 34.3 Å². The molecule has 0 aliphatic carbocycles. The number of carbonyl (C=O) groups excluding carboxylic acids is 3. The van der Waals surface area contributed by atoms with Crippen molar-refractivity contribution in [3.8, 4) is 11.5 Å². The van der Waals surface area contributed by atoms with Gasteiger partial charge in [-0.1, -0.05) is 6.07 Å². The number of nitrogens with zero attached hydrogens (tertiary/aromatic N) is 3. The molecule has 2 aromatic carbocycles. The van der Waals surface area contributed by atoms with Gasteiger partial charge < -0.3 is 28.1 Å². The highest BCUT2D eigenvalue weighted by Crippen LogP contribution is 2.37. The molecule has 0 spiro atoms. The zero-order chi connectivity index (χ0) is 29.9. The monoisotopic (exact) mass is 631 g/mol. The minimum Gasteiger partial charge on any atom is -0.491 e. The lowest BCUT2D eigenvalue weighted by Gasteiger charge is -2.26. The van der Waals surface area contributed by atoms with Gasteiger partial charge in [0.05, 0.1) is 36.2 Å². The van der Waals surface area contributed by atoms with Crippen molar-refractivity contribution in [3.63, 3.8) is 0 Å². The molecule has 41 heavy (non-hydrogen) atoms. The molecule has 1 aliphatic heterocycles. The largest absolute Gasteiger partial charge is 0.491 e. The Bertz CT molecular complexity index is 1550. The molecule has 3 aromatic rings. The van der Waals surface area contributed by atoms with Crippen LogP contribution in [0.5, 0.6) is 11.5 Å². The number of fused-ring (bicyclic) bond motifs is 1. The third-order valence-corrected chi connectivity index (χ3v) is 6.79. The van der Waals surface area contributed by atoms with E-state index >= 15 is 0 Å². The van der Waals surface area contributed by atoms with E-state index in [2.05, 4.69) is 25.7 Å². The molecule has 1 aromatic heterocycles. The molecule has 0 unspecified atom stereocenters. The van der Waals surface area contributed by atoms with Crippen molar-refractivity contribution in [1.29, 1.82) is 0 Å². The maximum atomic E-state index is 14.2. The molecule has 218 valence electrons. The number of methoxy groups -OCH3 is 1. The highest BCUT2D eigenvalue weighted by molar-refractivity contribution is 9.10. The highest BCUT2D eigenvalue weighted by Gasteiger charge is 2.31. The number of halogens is 2. The van der Waals surface area contributed by atoms with E-state index in [0.717, 1.165) is 5.56 Å². The maximum absolute atomic E-state index is 14.2. The van der Waals surface area contributed by atoms with Crippen LogP contribution in [0.3, 0.4) is 0 Å². The van der Waals surface area contributed by atoms with Gasteiger partial charge >= 0.3 is 12.1 Å². The van der Waals surface area contributed by atoms with Crippen molar-refractivity contribution in [1.82, 2.24) is 9.13 Å². The third-order valence-electron chi connectivity index (χ3n) is 6.20. The van der Waals surface area contributed by atoms with Crippen molar-refractivity contribution in [3.05, 3.63) is 75.3 Å². The van der Waals surface area contributed by atoms with Crippen LogP contribution in [0.4, 0.5) is 9.18 Å². The minimum absolute atomic E-state index is 0.102. The fraction of sp³-hybridized carbons (Fsp3) is 0.379. The number of esters is 1. The number of carbonyl (C=O) groups is 3. The second kappa shape index (κ2) is 12.3. The summed E-state index contributed by atoms with van der Waals surface area (Å²) in [5, 5.41) is 0. The van der Waals surface area contributed by atoms with Gasteiger partial charge in [-0.25, -0.2) is 14.0 Å². The summed E-state index contributed by atoms with van der Waals surface area (Å²) in [7, 11) is 2.98. The number of benzene rings is 2. The first-order valence-electron chi connectivity index (χ1n) is 12.8.